The number of nitriles is 1. The summed E-state index contributed by atoms with van der Waals surface area (Å²) >= 11 is 0. The largest absolute Gasteiger partial charge is 0.619 e. The maximum atomic E-state index is 10.8. The van der Waals surface area contributed by atoms with Crippen LogP contribution in [-0.2, 0) is 0 Å². The van der Waals surface area contributed by atoms with E-state index < -0.39 is 0 Å². The third kappa shape index (κ3) is 1.30. The molecule has 11 heavy (non-hydrogen) atoms. The van der Waals surface area contributed by atoms with Crippen LogP contribution in [0.1, 0.15) is 16.7 Å². The highest BCUT2D eigenvalue weighted by atomic mass is 16.5. The average Bonchev–Trinajstić information content (AvgIpc) is 1.85. The first-order valence-electron chi connectivity index (χ1n) is 3.25. The molecule has 0 aromatic carbocycles. The molecule has 0 fully saturated rings. The summed E-state index contributed by atoms with van der Waals surface area (Å²) in [5.74, 6) is 0. The van der Waals surface area contributed by atoms with Crippen LogP contribution in [0.4, 0.5) is 0 Å². The molecule has 0 radical (unpaired) electrons. The zero-order valence-corrected chi connectivity index (χ0v) is 6.46. The van der Waals surface area contributed by atoms with E-state index in [0.29, 0.717) is 10.3 Å². The lowest BCUT2D eigenvalue weighted by Gasteiger charge is -2.01. The Morgan fingerprint density at radius 2 is 1.82 bits per heavy atom. The SMILES string of the molecule is Cc1c[n+]([O-])cc(C)c1C#N. The number of rotatable bonds is 0. The summed E-state index contributed by atoms with van der Waals surface area (Å²) < 4.78 is 0.714. The Balaban J connectivity index is 3.40. The van der Waals surface area contributed by atoms with E-state index in [9.17, 15) is 5.21 Å². The summed E-state index contributed by atoms with van der Waals surface area (Å²) in [6, 6.07) is 2.04. The average molecular weight is 148 g/mol. The monoisotopic (exact) mass is 148 g/mol. The molecule has 0 saturated heterocycles. The molecule has 3 heteroatoms. The highest BCUT2D eigenvalue weighted by Gasteiger charge is 2.05. The van der Waals surface area contributed by atoms with Crippen molar-refractivity contribution in [3.63, 3.8) is 0 Å². The number of hydrogen-bond acceptors (Lipinski definition) is 2. The molecule has 0 unspecified atom stereocenters. The summed E-state index contributed by atoms with van der Waals surface area (Å²) in [5.41, 5.74) is 2.04. The van der Waals surface area contributed by atoms with Gasteiger partial charge in [0.15, 0.2) is 12.4 Å². The van der Waals surface area contributed by atoms with Crippen LogP contribution in [0, 0.1) is 30.4 Å². The molecule has 0 amide bonds. The Labute approximate surface area is 65.1 Å². The third-order valence-electron chi connectivity index (χ3n) is 1.54. The van der Waals surface area contributed by atoms with Gasteiger partial charge in [-0.25, -0.2) is 0 Å². The molecule has 0 aliphatic rings. The van der Waals surface area contributed by atoms with E-state index in [1.54, 1.807) is 13.8 Å². The molecule has 0 aliphatic carbocycles. The van der Waals surface area contributed by atoms with Crippen LogP contribution in [0.2, 0.25) is 0 Å². The Hall–Kier alpha value is -1.56. The van der Waals surface area contributed by atoms with Gasteiger partial charge in [0.2, 0.25) is 0 Å². The van der Waals surface area contributed by atoms with Gasteiger partial charge in [-0.15, -0.1) is 0 Å². The highest BCUT2D eigenvalue weighted by Crippen LogP contribution is 2.07. The lowest BCUT2D eigenvalue weighted by molar-refractivity contribution is -0.606. The Bertz CT molecular complexity index is 302. The van der Waals surface area contributed by atoms with Crippen molar-refractivity contribution in [2.45, 2.75) is 13.8 Å². The quantitative estimate of drug-likeness (QED) is 0.403. The molecule has 3 nitrogen and oxygen atoms in total. The van der Waals surface area contributed by atoms with Crippen molar-refractivity contribution in [1.29, 1.82) is 5.26 Å². The topological polar surface area (TPSA) is 50.7 Å². The van der Waals surface area contributed by atoms with Gasteiger partial charge in [0.25, 0.3) is 0 Å². The molecule has 1 rings (SSSR count). The minimum atomic E-state index is 0.595. The van der Waals surface area contributed by atoms with Gasteiger partial charge in [0.1, 0.15) is 6.07 Å². The van der Waals surface area contributed by atoms with Crippen molar-refractivity contribution < 1.29 is 4.73 Å². The van der Waals surface area contributed by atoms with Gasteiger partial charge in [-0.1, -0.05) is 0 Å². The van der Waals surface area contributed by atoms with E-state index in [1.807, 2.05) is 6.07 Å². The van der Waals surface area contributed by atoms with Crippen LogP contribution in [0.25, 0.3) is 0 Å². The smallest absolute Gasteiger partial charge is 0.184 e. The maximum absolute atomic E-state index is 10.8. The van der Waals surface area contributed by atoms with Gasteiger partial charge in [0.05, 0.1) is 5.56 Å². The maximum Gasteiger partial charge on any atom is 0.184 e. The van der Waals surface area contributed by atoms with E-state index in [-0.39, 0.29) is 0 Å². The van der Waals surface area contributed by atoms with Crippen LogP contribution in [0.15, 0.2) is 12.4 Å². The van der Waals surface area contributed by atoms with Gasteiger partial charge >= 0.3 is 0 Å². The normalized spacial score (nSPS) is 9.18. The first kappa shape index (κ1) is 7.55. The predicted molar refractivity (Wildman–Crippen MR) is 39.6 cm³/mol. The molecular formula is C8H8N2O. The molecule has 56 valence electrons. The molecule has 1 aromatic rings. The Morgan fingerprint density at radius 3 is 2.18 bits per heavy atom. The van der Waals surface area contributed by atoms with Gasteiger partial charge < -0.3 is 5.21 Å². The van der Waals surface area contributed by atoms with Crippen molar-refractivity contribution in [3.05, 3.63) is 34.3 Å². The van der Waals surface area contributed by atoms with E-state index >= 15 is 0 Å². The molecular weight excluding hydrogens is 140 g/mol. The first-order valence-corrected chi connectivity index (χ1v) is 3.25. The van der Waals surface area contributed by atoms with Crippen molar-refractivity contribution in [1.82, 2.24) is 0 Å². The second-order valence-corrected chi connectivity index (χ2v) is 2.47. The van der Waals surface area contributed by atoms with E-state index in [1.165, 1.54) is 12.4 Å². The second kappa shape index (κ2) is 2.59. The van der Waals surface area contributed by atoms with Crippen LogP contribution >= 0.6 is 0 Å². The number of aromatic nitrogens is 1. The molecule has 0 spiro atoms. The summed E-state index contributed by atoms with van der Waals surface area (Å²) in [6.07, 6.45) is 2.79. The number of nitrogens with zero attached hydrogens (tertiary/aromatic N) is 2. The lowest BCUT2D eigenvalue weighted by Crippen LogP contribution is -2.26. The molecule has 1 heterocycles. The van der Waals surface area contributed by atoms with E-state index in [2.05, 4.69) is 0 Å². The number of aryl methyl sites for hydroxylation is 2. The summed E-state index contributed by atoms with van der Waals surface area (Å²) in [5, 5.41) is 19.4. The molecule has 0 bridgehead atoms. The second-order valence-electron chi connectivity index (χ2n) is 2.47. The fourth-order valence-corrected chi connectivity index (χ4v) is 1.04. The van der Waals surface area contributed by atoms with Gasteiger partial charge in [-0.3, -0.25) is 0 Å². The van der Waals surface area contributed by atoms with Crippen molar-refractivity contribution >= 4 is 0 Å². The minimum Gasteiger partial charge on any atom is -0.619 e. The van der Waals surface area contributed by atoms with Gasteiger partial charge in [0, 0.05) is 11.1 Å². The Morgan fingerprint density at radius 1 is 1.36 bits per heavy atom. The van der Waals surface area contributed by atoms with Crippen LogP contribution < -0.4 is 4.73 Å². The molecule has 0 atom stereocenters. The van der Waals surface area contributed by atoms with E-state index in [4.69, 9.17) is 5.26 Å². The highest BCUT2D eigenvalue weighted by molar-refractivity contribution is 5.39. The molecule has 1 aromatic heterocycles. The minimum absolute atomic E-state index is 0.595. The zero-order valence-electron chi connectivity index (χ0n) is 6.46. The van der Waals surface area contributed by atoms with Crippen LogP contribution in [0.5, 0.6) is 0 Å². The summed E-state index contributed by atoms with van der Waals surface area (Å²) in [6.45, 7) is 3.50. The van der Waals surface area contributed by atoms with Crippen LogP contribution in [0.3, 0.4) is 0 Å². The Kier molecular flexibility index (Phi) is 1.77. The molecule has 0 aliphatic heterocycles. The predicted octanol–water partition coefficient (Wildman–Crippen LogP) is 0.809. The van der Waals surface area contributed by atoms with Gasteiger partial charge in [-0.05, 0) is 13.8 Å². The van der Waals surface area contributed by atoms with E-state index in [0.717, 1.165) is 11.1 Å². The van der Waals surface area contributed by atoms with Gasteiger partial charge in [-0.2, -0.15) is 9.99 Å². The van der Waals surface area contributed by atoms with Crippen molar-refractivity contribution in [2.75, 3.05) is 0 Å². The third-order valence-corrected chi connectivity index (χ3v) is 1.54. The number of hydrogen-bond donors (Lipinski definition) is 0. The summed E-state index contributed by atoms with van der Waals surface area (Å²) in [4.78, 5) is 0. The van der Waals surface area contributed by atoms with Crippen LogP contribution in [-0.4, -0.2) is 0 Å². The van der Waals surface area contributed by atoms with Crippen molar-refractivity contribution in [2.24, 2.45) is 0 Å². The summed E-state index contributed by atoms with van der Waals surface area (Å²) in [7, 11) is 0. The molecule has 0 N–H and O–H groups in total. The first-order chi connectivity index (χ1) is 5.15. The fraction of sp³-hybridized carbons (Fsp3) is 0.250. The molecule has 0 saturated carbocycles. The zero-order chi connectivity index (χ0) is 8.43. The number of pyridine rings is 1. The van der Waals surface area contributed by atoms with Crippen molar-refractivity contribution in [3.8, 4) is 6.07 Å². The lowest BCUT2D eigenvalue weighted by atomic mass is 10.1. The standard InChI is InChI=1S/C8H8N2O/c1-6-4-10(11)5-7(2)8(6)3-9/h4-5H,1-2H3. The fourth-order valence-electron chi connectivity index (χ4n) is 1.04.